The molecule has 1 aliphatic rings. The Balaban J connectivity index is 1.32. The monoisotopic (exact) mass is 563 g/mol. The summed E-state index contributed by atoms with van der Waals surface area (Å²) in [5.41, 5.74) is 4.08. The first-order valence-electron chi connectivity index (χ1n) is 12.9. The summed E-state index contributed by atoms with van der Waals surface area (Å²) in [5.74, 6) is -1.08. The highest BCUT2D eigenvalue weighted by atomic mass is 35.5. The van der Waals surface area contributed by atoms with Crippen LogP contribution in [-0.4, -0.2) is 40.5 Å². The van der Waals surface area contributed by atoms with Gasteiger partial charge in [0.25, 0.3) is 0 Å². The molecular weight excluding hydrogens is 537 g/mol. The van der Waals surface area contributed by atoms with Crippen LogP contribution in [0.5, 0.6) is 0 Å². The normalized spacial score (nSPS) is 14.8. The van der Waals surface area contributed by atoms with Crippen molar-refractivity contribution in [1.82, 2.24) is 15.5 Å². The third kappa shape index (κ3) is 5.94. The van der Waals surface area contributed by atoms with Crippen LogP contribution in [0.25, 0.3) is 22.1 Å². The highest BCUT2D eigenvalue weighted by Gasteiger charge is 2.34. The number of benzene rings is 3. The maximum atomic E-state index is 14.2. The summed E-state index contributed by atoms with van der Waals surface area (Å²) < 4.78 is 20.0. The third-order valence-electron chi connectivity index (χ3n) is 7.01. The first kappa shape index (κ1) is 27.2. The topological polar surface area (TPSA) is 112 Å². The van der Waals surface area contributed by atoms with Gasteiger partial charge in [-0.25, -0.2) is 9.18 Å². The molecule has 0 saturated carbocycles. The van der Waals surface area contributed by atoms with E-state index in [4.69, 9.17) is 21.1 Å². The molecule has 0 bridgehead atoms. The minimum Gasteiger partial charge on any atom is -0.465 e. The summed E-state index contributed by atoms with van der Waals surface area (Å²) in [6.07, 6.45) is 1.78. The molecule has 4 aromatic rings. The lowest BCUT2D eigenvalue weighted by molar-refractivity contribution is -0.138. The SMILES string of the molecule is O=C(O)NCc1cccc(-c2cc(CC(=O)N3CCC[C@H]3C(=O)NCc3cccc(Cl)c3F)cc3ccoc23)c1. The second-order valence-corrected chi connectivity index (χ2v) is 10.1. The standard InChI is InChI=1S/C30H27ClFN3O5/c31-24-7-2-6-22(27(24)32)17-33-29(37)25-8-3-10-35(25)26(36)15-19-13-21-9-11-40-28(21)23(14-19)20-5-1-4-18(12-20)16-34-30(38)39/h1-2,4-7,9,11-14,25,34H,3,8,10,15-17H2,(H,33,37)(H,38,39)/t25-/m0/s1. The number of halogens is 2. The van der Waals surface area contributed by atoms with E-state index in [0.717, 1.165) is 27.6 Å². The van der Waals surface area contributed by atoms with Crippen LogP contribution in [0.1, 0.15) is 29.5 Å². The molecule has 40 heavy (non-hydrogen) atoms. The summed E-state index contributed by atoms with van der Waals surface area (Å²) >= 11 is 5.84. The Kier molecular flexibility index (Phi) is 8.02. The van der Waals surface area contributed by atoms with Crippen molar-refractivity contribution in [3.05, 3.63) is 94.5 Å². The smallest absolute Gasteiger partial charge is 0.404 e. The van der Waals surface area contributed by atoms with Crippen LogP contribution in [-0.2, 0) is 29.1 Å². The minimum atomic E-state index is -1.11. The van der Waals surface area contributed by atoms with Crippen molar-refractivity contribution in [3.63, 3.8) is 0 Å². The predicted octanol–water partition coefficient (Wildman–Crippen LogP) is 5.51. The molecule has 1 atom stereocenters. The van der Waals surface area contributed by atoms with Gasteiger partial charge in [-0.05, 0) is 59.9 Å². The van der Waals surface area contributed by atoms with Gasteiger partial charge < -0.3 is 25.1 Å². The molecule has 5 rings (SSSR count). The average molecular weight is 564 g/mol. The van der Waals surface area contributed by atoms with Gasteiger partial charge in [-0.2, -0.15) is 0 Å². The van der Waals surface area contributed by atoms with Crippen molar-refractivity contribution in [2.24, 2.45) is 0 Å². The lowest BCUT2D eigenvalue weighted by Crippen LogP contribution is -2.46. The molecule has 206 valence electrons. The number of furan rings is 1. The molecule has 0 spiro atoms. The van der Waals surface area contributed by atoms with Crippen molar-refractivity contribution in [2.75, 3.05) is 6.54 Å². The predicted molar refractivity (Wildman–Crippen MR) is 148 cm³/mol. The molecule has 3 aromatic carbocycles. The maximum absolute atomic E-state index is 14.2. The summed E-state index contributed by atoms with van der Waals surface area (Å²) in [5, 5.41) is 14.9. The van der Waals surface area contributed by atoms with E-state index in [0.29, 0.717) is 25.0 Å². The van der Waals surface area contributed by atoms with Gasteiger partial charge in [-0.3, -0.25) is 9.59 Å². The summed E-state index contributed by atoms with van der Waals surface area (Å²) in [6, 6.07) is 17.0. The number of amides is 3. The molecule has 0 unspecified atom stereocenters. The number of fused-ring (bicyclic) bond motifs is 1. The number of likely N-dealkylation sites (tertiary alicyclic amines) is 1. The number of carbonyl (C=O) groups excluding carboxylic acids is 2. The van der Waals surface area contributed by atoms with Gasteiger partial charge in [-0.15, -0.1) is 0 Å². The lowest BCUT2D eigenvalue weighted by Gasteiger charge is -2.24. The van der Waals surface area contributed by atoms with Crippen molar-refractivity contribution in [3.8, 4) is 11.1 Å². The summed E-state index contributed by atoms with van der Waals surface area (Å²) in [7, 11) is 0. The van der Waals surface area contributed by atoms with Crippen LogP contribution in [0.3, 0.4) is 0 Å². The maximum Gasteiger partial charge on any atom is 0.404 e. The largest absolute Gasteiger partial charge is 0.465 e. The van der Waals surface area contributed by atoms with Gasteiger partial charge in [0, 0.05) is 36.1 Å². The Morgan fingerprint density at radius 2 is 1.85 bits per heavy atom. The fourth-order valence-corrected chi connectivity index (χ4v) is 5.28. The molecule has 1 aromatic heterocycles. The van der Waals surface area contributed by atoms with Gasteiger partial charge >= 0.3 is 6.09 Å². The van der Waals surface area contributed by atoms with E-state index in [1.807, 2.05) is 42.5 Å². The Morgan fingerprint density at radius 1 is 1.02 bits per heavy atom. The van der Waals surface area contributed by atoms with Gasteiger partial charge in [0.15, 0.2) is 0 Å². The first-order chi connectivity index (χ1) is 19.3. The Morgan fingerprint density at radius 3 is 2.67 bits per heavy atom. The highest BCUT2D eigenvalue weighted by Crippen LogP contribution is 2.32. The Hall–Kier alpha value is -4.37. The molecule has 1 aliphatic heterocycles. The lowest BCUT2D eigenvalue weighted by atomic mass is 9.97. The van der Waals surface area contributed by atoms with Crippen LogP contribution >= 0.6 is 11.6 Å². The zero-order chi connectivity index (χ0) is 28.2. The number of hydrogen-bond acceptors (Lipinski definition) is 4. The van der Waals surface area contributed by atoms with Gasteiger partial charge in [0.05, 0.1) is 17.7 Å². The van der Waals surface area contributed by atoms with Gasteiger partial charge in [0.2, 0.25) is 11.8 Å². The second-order valence-electron chi connectivity index (χ2n) is 9.69. The van der Waals surface area contributed by atoms with Crippen molar-refractivity contribution >= 4 is 40.5 Å². The van der Waals surface area contributed by atoms with E-state index in [1.165, 1.54) is 6.07 Å². The van der Waals surface area contributed by atoms with E-state index in [2.05, 4.69) is 10.6 Å². The highest BCUT2D eigenvalue weighted by molar-refractivity contribution is 6.30. The summed E-state index contributed by atoms with van der Waals surface area (Å²) in [6.45, 7) is 0.595. The minimum absolute atomic E-state index is 0.0120. The molecule has 1 saturated heterocycles. The fraction of sp³-hybridized carbons (Fsp3) is 0.233. The quantitative estimate of drug-likeness (QED) is 0.262. The summed E-state index contributed by atoms with van der Waals surface area (Å²) in [4.78, 5) is 38.9. The molecule has 10 heteroatoms. The number of carbonyl (C=O) groups is 3. The van der Waals surface area contributed by atoms with E-state index >= 15 is 0 Å². The van der Waals surface area contributed by atoms with Crippen LogP contribution < -0.4 is 10.6 Å². The van der Waals surface area contributed by atoms with E-state index in [9.17, 15) is 18.8 Å². The molecule has 8 nitrogen and oxygen atoms in total. The zero-order valence-corrected chi connectivity index (χ0v) is 22.2. The van der Waals surface area contributed by atoms with E-state index in [1.54, 1.807) is 23.3 Å². The third-order valence-corrected chi connectivity index (χ3v) is 7.30. The second kappa shape index (κ2) is 11.8. The Labute approximate surface area is 234 Å². The van der Waals surface area contributed by atoms with Crippen LogP contribution in [0.4, 0.5) is 9.18 Å². The number of carboxylic acid groups (broad SMARTS) is 1. The number of nitrogens with one attached hydrogen (secondary N) is 2. The van der Waals surface area contributed by atoms with E-state index < -0.39 is 18.0 Å². The molecule has 2 heterocycles. The van der Waals surface area contributed by atoms with Crippen LogP contribution in [0, 0.1) is 5.82 Å². The average Bonchev–Trinajstić information content (AvgIpc) is 3.62. The molecule has 0 radical (unpaired) electrons. The zero-order valence-electron chi connectivity index (χ0n) is 21.5. The van der Waals surface area contributed by atoms with Crippen LogP contribution in [0.2, 0.25) is 5.02 Å². The molecule has 0 aliphatic carbocycles. The molecule has 3 N–H and O–H groups in total. The number of nitrogens with zero attached hydrogens (tertiary/aromatic N) is 1. The molecule has 1 fully saturated rings. The fourth-order valence-electron chi connectivity index (χ4n) is 5.09. The van der Waals surface area contributed by atoms with E-state index in [-0.39, 0.29) is 41.9 Å². The van der Waals surface area contributed by atoms with Crippen molar-refractivity contribution in [1.29, 1.82) is 0 Å². The first-order valence-corrected chi connectivity index (χ1v) is 13.2. The number of rotatable bonds is 8. The number of hydrogen-bond donors (Lipinski definition) is 3. The Bertz CT molecular complexity index is 1590. The molecular formula is C30H27ClFN3O5. The van der Waals surface area contributed by atoms with Crippen LogP contribution in [0.15, 0.2) is 71.3 Å². The van der Waals surface area contributed by atoms with Gasteiger partial charge in [-0.1, -0.05) is 41.9 Å². The van der Waals surface area contributed by atoms with Crippen molar-refractivity contribution in [2.45, 2.75) is 38.4 Å². The molecule has 3 amide bonds. The van der Waals surface area contributed by atoms with Gasteiger partial charge in [0.1, 0.15) is 17.4 Å². The van der Waals surface area contributed by atoms with Crippen molar-refractivity contribution < 1.29 is 28.3 Å².